The molecule has 90 valence electrons. The Balaban J connectivity index is 2.75. The van der Waals surface area contributed by atoms with Gasteiger partial charge in [0.2, 0.25) is 0 Å². The monoisotopic (exact) mass is 232 g/mol. The Morgan fingerprint density at radius 2 is 2.00 bits per heavy atom. The van der Waals surface area contributed by atoms with Crippen LogP contribution in [0, 0.1) is 6.92 Å². The van der Waals surface area contributed by atoms with Crippen molar-refractivity contribution in [1.82, 2.24) is 9.97 Å². The topological polar surface area (TPSA) is 66.0 Å². The molecular weight excluding hydrogens is 216 g/mol. The molecule has 0 unspecified atom stereocenters. The highest BCUT2D eigenvalue weighted by atomic mass is 16.4. The minimum absolute atomic E-state index is 0.0882. The van der Waals surface area contributed by atoms with Crippen LogP contribution in [0.4, 0.5) is 0 Å². The van der Waals surface area contributed by atoms with E-state index in [1.165, 1.54) is 0 Å². The summed E-state index contributed by atoms with van der Waals surface area (Å²) in [5, 5.41) is 9.19. The number of carbonyl (C=O) groups is 1. The molecule has 17 heavy (non-hydrogen) atoms. The highest BCUT2D eigenvalue weighted by molar-refractivity contribution is 6.02. The predicted molar refractivity (Wildman–Crippen MR) is 66.5 cm³/mol. The Hall–Kier alpha value is -1.84. The van der Waals surface area contributed by atoms with E-state index in [2.05, 4.69) is 30.7 Å². The Kier molecular flexibility index (Phi) is 2.45. The smallest absolute Gasteiger partial charge is 0.339 e. The minimum Gasteiger partial charge on any atom is -0.478 e. The van der Waals surface area contributed by atoms with Gasteiger partial charge in [0.05, 0.1) is 5.52 Å². The van der Waals surface area contributed by atoms with Gasteiger partial charge in [-0.15, -0.1) is 0 Å². The minimum atomic E-state index is -0.938. The molecule has 0 bridgehead atoms. The zero-order valence-electron chi connectivity index (χ0n) is 10.5. The molecule has 4 heteroatoms. The van der Waals surface area contributed by atoms with Gasteiger partial charge in [-0.05, 0) is 19.1 Å². The maximum atomic E-state index is 11.2. The van der Waals surface area contributed by atoms with Crippen LogP contribution in [0.5, 0.6) is 0 Å². The van der Waals surface area contributed by atoms with Crippen molar-refractivity contribution in [2.75, 3.05) is 0 Å². The Labute approximate surface area is 99.7 Å². The van der Waals surface area contributed by atoms with Crippen LogP contribution < -0.4 is 0 Å². The van der Waals surface area contributed by atoms with Crippen LogP contribution in [-0.4, -0.2) is 21.0 Å². The summed E-state index contributed by atoms with van der Waals surface area (Å²) in [5.74, 6) is -0.938. The van der Waals surface area contributed by atoms with Crippen LogP contribution in [0.25, 0.3) is 11.0 Å². The fourth-order valence-corrected chi connectivity index (χ4v) is 1.87. The van der Waals surface area contributed by atoms with Crippen molar-refractivity contribution in [3.63, 3.8) is 0 Å². The largest absolute Gasteiger partial charge is 0.478 e. The zero-order valence-corrected chi connectivity index (χ0v) is 10.5. The number of nitrogens with zero attached hydrogens (tertiary/aromatic N) is 1. The number of aromatic amines is 1. The number of aromatic nitrogens is 2. The Morgan fingerprint density at radius 3 is 2.53 bits per heavy atom. The second-order valence-electron chi connectivity index (χ2n) is 5.27. The first kappa shape index (κ1) is 11.6. The molecule has 0 aliphatic rings. The molecule has 2 rings (SSSR count). The van der Waals surface area contributed by atoms with Gasteiger partial charge in [0, 0.05) is 16.8 Å². The Bertz CT molecular complexity index is 591. The van der Waals surface area contributed by atoms with Gasteiger partial charge in [0.25, 0.3) is 0 Å². The van der Waals surface area contributed by atoms with Crippen molar-refractivity contribution in [2.24, 2.45) is 0 Å². The third kappa shape index (κ3) is 1.90. The van der Waals surface area contributed by atoms with E-state index in [1.807, 2.05) is 12.1 Å². The molecule has 0 amide bonds. The van der Waals surface area contributed by atoms with E-state index in [1.54, 1.807) is 6.92 Å². The quantitative estimate of drug-likeness (QED) is 0.794. The molecule has 2 aromatic heterocycles. The molecular formula is C13H16N2O2. The number of fused-ring (bicyclic) bond motifs is 1. The summed E-state index contributed by atoms with van der Waals surface area (Å²) in [6.07, 6.45) is 0. The molecule has 0 radical (unpaired) electrons. The fraction of sp³-hybridized carbons (Fsp3) is 0.385. The number of nitrogens with one attached hydrogen (secondary N) is 1. The summed E-state index contributed by atoms with van der Waals surface area (Å²) in [6.45, 7) is 7.92. The van der Waals surface area contributed by atoms with Crippen LogP contribution in [-0.2, 0) is 5.41 Å². The molecule has 2 N–H and O–H groups in total. The van der Waals surface area contributed by atoms with Crippen molar-refractivity contribution in [3.8, 4) is 0 Å². The van der Waals surface area contributed by atoms with E-state index in [-0.39, 0.29) is 11.0 Å². The van der Waals surface area contributed by atoms with Gasteiger partial charge in [-0.2, -0.15) is 0 Å². The van der Waals surface area contributed by atoms with Gasteiger partial charge in [0.1, 0.15) is 11.1 Å². The van der Waals surface area contributed by atoms with Gasteiger partial charge in [0.15, 0.2) is 0 Å². The van der Waals surface area contributed by atoms with Gasteiger partial charge < -0.3 is 10.1 Å². The molecule has 0 fully saturated rings. The van der Waals surface area contributed by atoms with Gasteiger partial charge in [-0.3, -0.25) is 0 Å². The molecule has 0 aliphatic heterocycles. The van der Waals surface area contributed by atoms with Crippen molar-refractivity contribution < 1.29 is 9.90 Å². The lowest BCUT2D eigenvalue weighted by molar-refractivity contribution is 0.0698. The van der Waals surface area contributed by atoms with E-state index < -0.39 is 5.97 Å². The summed E-state index contributed by atoms with van der Waals surface area (Å²) >= 11 is 0. The van der Waals surface area contributed by atoms with E-state index in [9.17, 15) is 9.90 Å². The van der Waals surface area contributed by atoms with Crippen molar-refractivity contribution in [2.45, 2.75) is 33.1 Å². The maximum Gasteiger partial charge on any atom is 0.339 e. The molecule has 0 spiro atoms. The van der Waals surface area contributed by atoms with Crippen molar-refractivity contribution >= 4 is 17.0 Å². The highest BCUT2D eigenvalue weighted by Gasteiger charge is 2.20. The number of hydrogen-bond donors (Lipinski definition) is 2. The van der Waals surface area contributed by atoms with E-state index in [0.29, 0.717) is 11.2 Å². The number of hydrogen-bond acceptors (Lipinski definition) is 2. The van der Waals surface area contributed by atoms with Crippen LogP contribution in [0.15, 0.2) is 12.1 Å². The number of pyridine rings is 1. The molecule has 0 saturated heterocycles. The highest BCUT2D eigenvalue weighted by Crippen LogP contribution is 2.25. The normalized spacial score (nSPS) is 12.0. The maximum absolute atomic E-state index is 11.2. The van der Waals surface area contributed by atoms with Gasteiger partial charge in [-0.1, -0.05) is 20.8 Å². The fourth-order valence-electron chi connectivity index (χ4n) is 1.87. The first-order chi connectivity index (χ1) is 7.80. The Morgan fingerprint density at radius 1 is 1.35 bits per heavy atom. The number of carboxylic acid groups (broad SMARTS) is 1. The average Bonchev–Trinajstić information content (AvgIpc) is 2.50. The van der Waals surface area contributed by atoms with E-state index >= 15 is 0 Å². The molecule has 0 saturated carbocycles. The van der Waals surface area contributed by atoms with Gasteiger partial charge in [-0.25, -0.2) is 9.78 Å². The summed E-state index contributed by atoms with van der Waals surface area (Å²) < 4.78 is 0. The SMILES string of the molecule is Cc1[nH]c2ccc(C(C)(C)C)nc2c1C(=O)O. The first-order valence-electron chi connectivity index (χ1n) is 5.54. The molecule has 2 aromatic rings. The number of H-pyrrole nitrogens is 1. The van der Waals surface area contributed by atoms with Crippen LogP contribution in [0.2, 0.25) is 0 Å². The second kappa shape index (κ2) is 3.58. The van der Waals surface area contributed by atoms with Gasteiger partial charge >= 0.3 is 5.97 Å². The first-order valence-corrected chi connectivity index (χ1v) is 5.54. The average molecular weight is 232 g/mol. The molecule has 4 nitrogen and oxygen atoms in total. The number of aryl methyl sites for hydroxylation is 1. The predicted octanol–water partition coefficient (Wildman–Crippen LogP) is 2.87. The van der Waals surface area contributed by atoms with Crippen molar-refractivity contribution in [3.05, 3.63) is 29.1 Å². The van der Waals surface area contributed by atoms with E-state index in [0.717, 1.165) is 11.2 Å². The van der Waals surface area contributed by atoms with Crippen LogP contribution >= 0.6 is 0 Å². The summed E-state index contributed by atoms with van der Waals surface area (Å²) in [5.41, 5.74) is 3.04. The third-order valence-corrected chi connectivity index (χ3v) is 2.81. The molecule has 0 aromatic carbocycles. The summed E-state index contributed by atoms with van der Waals surface area (Å²) in [6, 6.07) is 3.83. The van der Waals surface area contributed by atoms with Crippen LogP contribution in [0.1, 0.15) is 42.5 Å². The standard InChI is InChI=1S/C13H16N2O2/c1-7-10(12(16)17)11-8(14-7)5-6-9(15-11)13(2,3)4/h5-6,14H,1-4H3,(H,16,17). The summed E-state index contributed by atoms with van der Waals surface area (Å²) in [7, 11) is 0. The van der Waals surface area contributed by atoms with Crippen molar-refractivity contribution in [1.29, 1.82) is 0 Å². The lowest BCUT2D eigenvalue weighted by atomic mass is 9.91. The lowest BCUT2D eigenvalue weighted by Crippen LogP contribution is -2.13. The van der Waals surface area contributed by atoms with Crippen LogP contribution in [0.3, 0.4) is 0 Å². The molecule has 0 aliphatic carbocycles. The second-order valence-corrected chi connectivity index (χ2v) is 5.27. The molecule has 0 atom stereocenters. The lowest BCUT2D eigenvalue weighted by Gasteiger charge is -2.17. The number of rotatable bonds is 1. The summed E-state index contributed by atoms with van der Waals surface area (Å²) in [4.78, 5) is 18.7. The third-order valence-electron chi connectivity index (χ3n) is 2.81. The number of aromatic carboxylic acids is 1. The number of carboxylic acids is 1. The zero-order chi connectivity index (χ0) is 12.8. The van der Waals surface area contributed by atoms with E-state index in [4.69, 9.17) is 0 Å². The molecule has 2 heterocycles.